The molecule has 1 saturated heterocycles. The number of imide groups is 1. The Morgan fingerprint density at radius 1 is 1.40 bits per heavy atom. The number of aromatic hydroxyl groups is 1. The SMILES string of the molecule is CCOc1cc(C=C2NC(=O)N(Cc3ccc(C(=O)OC)o3)C2=O)c(Br)c(Cl)c1O. The summed E-state index contributed by atoms with van der Waals surface area (Å²) >= 11 is 9.37. The van der Waals surface area contributed by atoms with Gasteiger partial charge in [-0.05, 0) is 52.7 Å². The van der Waals surface area contributed by atoms with Crippen LogP contribution in [0.1, 0.15) is 28.8 Å². The highest BCUT2D eigenvalue weighted by Gasteiger charge is 2.34. The lowest BCUT2D eigenvalue weighted by Crippen LogP contribution is -2.30. The van der Waals surface area contributed by atoms with Crippen LogP contribution in [-0.4, -0.2) is 41.6 Å². The second-order valence-corrected chi connectivity index (χ2v) is 7.18. The standard InChI is InChI=1S/C19H16BrClN2O7/c1-3-29-13-7-9(14(20)15(21)16(13)24)6-11-17(25)23(19(27)22-11)8-10-4-5-12(30-10)18(26)28-2/h4-7,24H,3,8H2,1-2H3,(H,22,27). The number of urea groups is 1. The summed E-state index contributed by atoms with van der Waals surface area (Å²) in [6, 6.07) is 3.69. The average molecular weight is 500 g/mol. The largest absolute Gasteiger partial charge is 0.503 e. The molecule has 1 aliphatic rings. The van der Waals surface area contributed by atoms with E-state index in [4.69, 9.17) is 20.8 Å². The fraction of sp³-hybridized carbons (Fsp3) is 0.211. The fourth-order valence-electron chi connectivity index (χ4n) is 2.68. The number of amides is 3. The highest BCUT2D eigenvalue weighted by molar-refractivity contribution is 9.10. The van der Waals surface area contributed by atoms with Crippen molar-refractivity contribution in [3.8, 4) is 11.5 Å². The molecule has 0 bridgehead atoms. The maximum atomic E-state index is 12.7. The summed E-state index contributed by atoms with van der Waals surface area (Å²) in [6.45, 7) is 1.86. The Bertz CT molecular complexity index is 1060. The number of hydrogen-bond donors (Lipinski definition) is 2. The van der Waals surface area contributed by atoms with Gasteiger partial charge in [0.1, 0.15) is 16.5 Å². The maximum Gasteiger partial charge on any atom is 0.373 e. The van der Waals surface area contributed by atoms with Gasteiger partial charge in [-0.25, -0.2) is 9.59 Å². The zero-order valence-corrected chi connectivity index (χ0v) is 18.2. The molecule has 2 N–H and O–H groups in total. The van der Waals surface area contributed by atoms with E-state index in [0.29, 0.717) is 16.6 Å². The normalized spacial score (nSPS) is 14.9. The third-order valence-corrected chi connectivity index (χ3v) is 5.55. The highest BCUT2D eigenvalue weighted by Crippen LogP contribution is 2.42. The summed E-state index contributed by atoms with van der Waals surface area (Å²) in [7, 11) is 1.21. The fourth-order valence-corrected chi connectivity index (χ4v) is 3.30. The lowest BCUT2D eigenvalue weighted by molar-refractivity contribution is -0.123. The molecule has 2 heterocycles. The van der Waals surface area contributed by atoms with Crippen molar-refractivity contribution >= 4 is 51.5 Å². The van der Waals surface area contributed by atoms with Gasteiger partial charge in [0.15, 0.2) is 11.5 Å². The zero-order chi connectivity index (χ0) is 22.0. The number of nitrogens with one attached hydrogen (secondary N) is 1. The van der Waals surface area contributed by atoms with Gasteiger partial charge in [0.05, 0.1) is 20.3 Å². The van der Waals surface area contributed by atoms with Gasteiger partial charge in [-0.1, -0.05) is 11.6 Å². The van der Waals surface area contributed by atoms with Gasteiger partial charge in [0.25, 0.3) is 5.91 Å². The van der Waals surface area contributed by atoms with Crippen molar-refractivity contribution in [1.82, 2.24) is 10.2 Å². The first-order valence-electron chi connectivity index (χ1n) is 8.62. The van der Waals surface area contributed by atoms with Gasteiger partial charge < -0.3 is 24.3 Å². The summed E-state index contributed by atoms with van der Waals surface area (Å²) in [6.07, 6.45) is 1.40. The first-order chi connectivity index (χ1) is 14.3. The molecule has 3 rings (SSSR count). The van der Waals surface area contributed by atoms with Crippen LogP contribution in [0.4, 0.5) is 4.79 Å². The van der Waals surface area contributed by atoms with Crippen LogP contribution in [0.25, 0.3) is 6.08 Å². The molecule has 0 radical (unpaired) electrons. The van der Waals surface area contributed by atoms with Crippen LogP contribution in [-0.2, 0) is 16.1 Å². The Hall–Kier alpha value is -2.98. The minimum Gasteiger partial charge on any atom is -0.503 e. The topological polar surface area (TPSA) is 118 Å². The summed E-state index contributed by atoms with van der Waals surface area (Å²) in [5.74, 6) is -1.19. The van der Waals surface area contributed by atoms with Crippen LogP contribution in [0, 0.1) is 0 Å². The van der Waals surface area contributed by atoms with Gasteiger partial charge in [-0.3, -0.25) is 9.69 Å². The van der Waals surface area contributed by atoms with Crippen molar-refractivity contribution in [1.29, 1.82) is 0 Å². The van der Waals surface area contributed by atoms with Gasteiger partial charge in [-0.2, -0.15) is 0 Å². The first-order valence-corrected chi connectivity index (χ1v) is 9.79. The molecule has 0 atom stereocenters. The number of hydrogen-bond acceptors (Lipinski definition) is 7. The number of furan rings is 1. The Balaban J connectivity index is 1.86. The van der Waals surface area contributed by atoms with E-state index in [-0.39, 0.29) is 40.3 Å². The lowest BCUT2D eigenvalue weighted by atomic mass is 10.1. The minimum absolute atomic E-state index is 0.00681. The number of rotatable bonds is 6. The molecule has 1 fully saturated rings. The first kappa shape index (κ1) is 21.7. The Morgan fingerprint density at radius 2 is 2.13 bits per heavy atom. The molecule has 0 aliphatic carbocycles. The van der Waals surface area contributed by atoms with Crippen molar-refractivity contribution in [2.45, 2.75) is 13.5 Å². The number of carbonyl (C=O) groups excluding carboxylic acids is 3. The average Bonchev–Trinajstić information content (AvgIpc) is 3.30. The zero-order valence-electron chi connectivity index (χ0n) is 15.8. The van der Waals surface area contributed by atoms with Crippen LogP contribution in [0.3, 0.4) is 0 Å². The van der Waals surface area contributed by atoms with Crippen LogP contribution in [0.5, 0.6) is 11.5 Å². The van der Waals surface area contributed by atoms with Crippen molar-refractivity contribution in [2.24, 2.45) is 0 Å². The van der Waals surface area contributed by atoms with E-state index in [9.17, 15) is 19.5 Å². The molecule has 1 aliphatic heterocycles. The number of nitrogens with zero attached hydrogens (tertiary/aromatic N) is 1. The number of methoxy groups -OCH3 is 1. The van der Waals surface area contributed by atoms with E-state index >= 15 is 0 Å². The van der Waals surface area contributed by atoms with E-state index in [2.05, 4.69) is 26.0 Å². The number of phenols is 1. The maximum absolute atomic E-state index is 12.7. The molecule has 3 amide bonds. The third-order valence-electron chi connectivity index (χ3n) is 4.10. The van der Waals surface area contributed by atoms with Crippen molar-refractivity contribution in [3.05, 3.63) is 50.5 Å². The van der Waals surface area contributed by atoms with Crippen molar-refractivity contribution < 1.29 is 33.4 Å². The van der Waals surface area contributed by atoms with Gasteiger partial charge >= 0.3 is 12.0 Å². The second kappa shape index (κ2) is 8.80. The smallest absolute Gasteiger partial charge is 0.373 e. The molecule has 2 aromatic rings. The highest BCUT2D eigenvalue weighted by atomic mass is 79.9. The van der Waals surface area contributed by atoms with Gasteiger partial charge in [0.2, 0.25) is 5.76 Å². The molecule has 30 heavy (non-hydrogen) atoms. The van der Waals surface area contributed by atoms with Gasteiger partial charge in [-0.15, -0.1) is 0 Å². The summed E-state index contributed by atoms with van der Waals surface area (Å²) < 4.78 is 15.5. The van der Waals surface area contributed by atoms with E-state index in [1.807, 2.05) is 0 Å². The monoisotopic (exact) mass is 498 g/mol. The molecule has 158 valence electrons. The number of esters is 1. The molecule has 1 aromatic heterocycles. The Morgan fingerprint density at radius 3 is 2.80 bits per heavy atom. The van der Waals surface area contributed by atoms with E-state index < -0.39 is 17.9 Å². The van der Waals surface area contributed by atoms with E-state index in [1.54, 1.807) is 6.92 Å². The summed E-state index contributed by atoms with van der Waals surface area (Å²) in [5, 5.41) is 12.5. The molecule has 1 aromatic carbocycles. The Labute approximate surface area is 184 Å². The molecule has 0 unspecified atom stereocenters. The number of benzene rings is 1. The molecule has 11 heteroatoms. The van der Waals surface area contributed by atoms with Crippen molar-refractivity contribution in [2.75, 3.05) is 13.7 Å². The van der Waals surface area contributed by atoms with Gasteiger partial charge in [0, 0.05) is 4.47 Å². The number of phenolic OH excluding ortho intramolecular Hbond substituents is 1. The second-order valence-electron chi connectivity index (χ2n) is 6.01. The van der Waals surface area contributed by atoms with Crippen LogP contribution in [0.15, 0.2) is 32.8 Å². The van der Waals surface area contributed by atoms with Crippen LogP contribution >= 0.6 is 27.5 Å². The number of carbonyl (C=O) groups is 3. The van der Waals surface area contributed by atoms with Crippen LogP contribution in [0.2, 0.25) is 5.02 Å². The minimum atomic E-state index is -0.668. The lowest BCUT2D eigenvalue weighted by Gasteiger charge is -2.11. The van der Waals surface area contributed by atoms with Crippen molar-refractivity contribution in [3.63, 3.8) is 0 Å². The molecular formula is C19H16BrClN2O7. The molecular weight excluding hydrogens is 484 g/mol. The van der Waals surface area contributed by atoms with E-state index in [1.165, 1.54) is 31.4 Å². The molecule has 9 nitrogen and oxygen atoms in total. The van der Waals surface area contributed by atoms with E-state index in [0.717, 1.165) is 4.90 Å². The summed E-state index contributed by atoms with van der Waals surface area (Å²) in [5.41, 5.74) is 0.405. The molecule has 0 saturated carbocycles. The quantitative estimate of drug-likeness (QED) is 0.353. The molecule has 0 spiro atoms. The predicted molar refractivity (Wildman–Crippen MR) is 109 cm³/mol. The number of ether oxygens (including phenoxy) is 2. The summed E-state index contributed by atoms with van der Waals surface area (Å²) in [4.78, 5) is 37.4. The third kappa shape index (κ3) is 4.14. The van der Waals surface area contributed by atoms with Crippen LogP contribution < -0.4 is 10.1 Å². The number of halogens is 2. The Kier molecular flexibility index (Phi) is 6.37. The predicted octanol–water partition coefficient (Wildman–Crippen LogP) is 3.68.